The van der Waals surface area contributed by atoms with E-state index in [4.69, 9.17) is 10.5 Å². The number of ether oxygens (including phenoxy) is 1. The lowest BCUT2D eigenvalue weighted by molar-refractivity contribution is -0.150. The van der Waals surface area contributed by atoms with E-state index in [1.807, 2.05) is 0 Å². The van der Waals surface area contributed by atoms with Gasteiger partial charge in [0.2, 0.25) is 17.4 Å². The Morgan fingerprint density at radius 2 is 2.14 bits per heavy atom. The molecule has 4 aliphatic rings. The zero-order valence-electron chi connectivity index (χ0n) is 18.6. The molecule has 0 unspecified atom stereocenters. The highest BCUT2D eigenvalue weighted by molar-refractivity contribution is 8.00. The number of carbonyl (C=O) groups is 4. The number of nitrogens with zero attached hydrogens (tertiary/aromatic N) is 5. The summed E-state index contributed by atoms with van der Waals surface area (Å²) in [4.78, 5) is 57.2. The number of anilines is 1. The number of carbonyl (C=O) groups excluding carboxylic acids is 3. The number of carboxylic acid groups (broad SMARTS) is 1. The molecule has 16 heteroatoms. The minimum Gasteiger partial charge on any atom is -0.477 e. The molecule has 36 heavy (non-hydrogen) atoms. The van der Waals surface area contributed by atoms with Crippen LogP contribution in [0.1, 0.15) is 18.7 Å². The first-order valence-corrected chi connectivity index (χ1v) is 12.7. The van der Waals surface area contributed by atoms with Crippen LogP contribution >= 0.6 is 23.3 Å². The Morgan fingerprint density at radius 1 is 1.33 bits per heavy atom. The van der Waals surface area contributed by atoms with Crippen molar-refractivity contribution < 1.29 is 34.2 Å². The van der Waals surface area contributed by atoms with E-state index >= 15 is 0 Å². The van der Waals surface area contributed by atoms with Crippen molar-refractivity contribution in [1.29, 1.82) is 0 Å². The van der Waals surface area contributed by atoms with Crippen LogP contribution in [-0.2, 0) is 23.9 Å². The van der Waals surface area contributed by atoms with Crippen LogP contribution in [0.4, 0.5) is 5.13 Å². The fourth-order valence-corrected chi connectivity index (χ4v) is 6.32. The lowest BCUT2D eigenvalue weighted by Gasteiger charge is -2.49. The molecule has 5 heterocycles. The van der Waals surface area contributed by atoms with Crippen LogP contribution in [0.2, 0.25) is 0 Å². The highest BCUT2D eigenvalue weighted by Crippen LogP contribution is 2.41. The minimum atomic E-state index is -1.31. The Bertz CT molecular complexity index is 1240. The number of allylic oxidation sites excluding steroid dienone is 1. The first-order chi connectivity index (χ1) is 17.3. The van der Waals surface area contributed by atoms with Crippen LogP contribution < -0.4 is 11.1 Å². The van der Waals surface area contributed by atoms with Gasteiger partial charge in [-0.3, -0.25) is 19.3 Å². The van der Waals surface area contributed by atoms with E-state index in [0.717, 1.165) is 22.9 Å². The predicted octanol–water partition coefficient (Wildman–Crippen LogP) is -1.02. The number of aromatic nitrogens is 2. The van der Waals surface area contributed by atoms with E-state index in [2.05, 4.69) is 19.8 Å². The lowest BCUT2D eigenvalue weighted by atomic mass is 10.0. The largest absolute Gasteiger partial charge is 0.477 e. The fraction of sp³-hybridized carbons (Fsp3) is 0.450. The molecule has 0 spiro atoms. The van der Waals surface area contributed by atoms with Crippen molar-refractivity contribution in [1.82, 2.24) is 24.5 Å². The first-order valence-electron chi connectivity index (χ1n) is 10.9. The van der Waals surface area contributed by atoms with Crippen LogP contribution in [0.3, 0.4) is 0 Å². The average molecular weight is 536 g/mol. The van der Waals surface area contributed by atoms with Gasteiger partial charge in [-0.15, -0.1) is 11.8 Å². The molecule has 0 bridgehead atoms. The van der Waals surface area contributed by atoms with Crippen LogP contribution in [0.15, 0.2) is 28.1 Å². The van der Waals surface area contributed by atoms with E-state index in [0.29, 0.717) is 37.3 Å². The number of nitrogens with one attached hydrogen (secondary N) is 1. The Labute approximate surface area is 212 Å². The second kappa shape index (κ2) is 9.51. The topological polar surface area (TPSA) is 201 Å². The average Bonchev–Trinajstić information content (AvgIpc) is 3.60. The van der Waals surface area contributed by atoms with Crippen molar-refractivity contribution in [3.05, 3.63) is 28.7 Å². The van der Waals surface area contributed by atoms with Crippen molar-refractivity contribution in [2.24, 2.45) is 5.16 Å². The number of hydrogen-bond acceptors (Lipinski definition) is 12. The summed E-state index contributed by atoms with van der Waals surface area (Å²) < 4.78 is 9.19. The second-order valence-corrected chi connectivity index (χ2v) is 10.3. The molecule has 0 radical (unpaired) electrons. The molecule has 5 N–H and O–H groups in total. The van der Waals surface area contributed by atoms with Gasteiger partial charge < -0.3 is 31.0 Å². The van der Waals surface area contributed by atoms with Gasteiger partial charge >= 0.3 is 5.97 Å². The van der Waals surface area contributed by atoms with Gasteiger partial charge in [0, 0.05) is 36.0 Å². The summed E-state index contributed by atoms with van der Waals surface area (Å²) in [5, 5.41) is 23.9. The maximum atomic E-state index is 12.9. The van der Waals surface area contributed by atoms with Gasteiger partial charge in [0.05, 0.1) is 12.6 Å². The fourth-order valence-electron chi connectivity index (χ4n) is 4.58. The number of oxime groups is 1. The number of hydrogen-bond donors (Lipinski definition) is 4. The summed E-state index contributed by atoms with van der Waals surface area (Å²) in [5.41, 5.74) is 5.61. The standard InChI is InChI=1S/C20H21N7O7S2/c21-20-23-14(25-36-20)11(24-33)15(28)22-12-17(30)27-13(19(31)32)9(7-35-18(12)27)5-8-1-3-26(16(8)29)10-2-4-34-6-10/h5,10,12,18,33H,1-4,6-7H2,(H,22,28)(H,31,32)(H2,21,23,25)/b8-5?,24-11-/t10-,12+,18+/m0/s1. The summed E-state index contributed by atoms with van der Waals surface area (Å²) in [6.07, 6.45) is 2.81. The number of carboxylic acids is 1. The van der Waals surface area contributed by atoms with Gasteiger partial charge in [-0.25, -0.2) is 4.79 Å². The number of fused-ring (bicyclic) bond motifs is 1. The molecule has 190 valence electrons. The molecule has 5 rings (SSSR count). The van der Waals surface area contributed by atoms with Crippen molar-refractivity contribution in [3.8, 4) is 0 Å². The van der Waals surface area contributed by atoms with E-state index in [1.165, 1.54) is 11.8 Å². The summed E-state index contributed by atoms with van der Waals surface area (Å²) >= 11 is 2.06. The van der Waals surface area contributed by atoms with Gasteiger partial charge in [0.1, 0.15) is 17.1 Å². The summed E-state index contributed by atoms with van der Waals surface area (Å²) in [7, 11) is 0. The number of rotatable bonds is 6. The third kappa shape index (κ3) is 4.10. The van der Waals surface area contributed by atoms with Gasteiger partial charge in [-0.2, -0.15) is 9.36 Å². The van der Waals surface area contributed by atoms with E-state index in [9.17, 15) is 29.5 Å². The molecule has 14 nitrogen and oxygen atoms in total. The lowest BCUT2D eigenvalue weighted by Crippen LogP contribution is -2.71. The van der Waals surface area contributed by atoms with E-state index in [-0.39, 0.29) is 34.4 Å². The molecule has 4 aliphatic heterocycles. The minimum absolute atomic E-state index is 0.0195. The molecule has 3 fully saturated rings. The molecule has 3 amide bonds. The number of amides is 3. The highest BCUT2D eigenvalue weighted by atomic mass is 32.2. The number of thioether (sulfide) groups is 1. The Hall–Kier alpha value is -3.50. The zero-order chi connectivity index (χ0) is 25.6. The quantitative estimate of drug-likeness (QED) is 0.114. The highest BCUT2D eigenvalue weighted by Gasteiger charge is 2.54. The molecule has 0 aromatic carbocycles. The van der Waals surface area contributed by atoms with Crippen molar-refractivity contribution in [3.63, 3.8) is 0 Å². The molecule has 1 aromatic heterocycles. The first kappa shape index (κ1) is 24.2. The van der Waals surface area contributed by atoms with Crippen molar-refractivity contribution in [2.75, 3.05) is 31.2 Å². The number of nitrogen functional groups attached to an aromatic ring is 1. The Kier molecular flexibility index (Phi) is 6.40. The second-order valence-electron chi connectivity index (χ2n) is 8.38. The normalized spacial score (nSPS) is 27.5. The SMILES string of the molecule is Nc1nc(/C(=N/O)C(=O)N[C@@H]2C(=O)N3C(C(=O)O)=C(C=C4CCN([C@H]5CCOC5)C4=O)CS[C@H]23)ns1. The van der Waals surface area contributed by atoms with Crippen LogP contribution in [0.25, 0.3) is 0 Å². The third-order valence-corrected chi connectivity index (χ3v) is 8.15. The maximum Gasteiger partial charge on any atom is 0.352 e. The molecule has 3 atom stereocenters. The van der Waals surface area contributed by atoms with E-state index in [1.54, 1.807) is 11.0 Å². The van der Waals surface area contributed by atoms with Gasteiger partial charge in [0.15, 0.2) is 5.13 Å². The van der Waals surface area contributed by atoms with Crippen molar-refractivity contribution >= 4 is 57.8 Å². The molecule has 3 saturated heterocycles. The Morgan fingerprint density at radius 3 is 2.78 bits per heavy atom. The van der Waals surface area contributed by atoms with Gasteiger partial charge in [-0.05, 0) is 24.5 Å². The monoisotopic (exact) mass is 535 g/mol. The van der Waals surface area contributed by atoms with Crippen LogP contribution in [-0.4, -0.2) is 102 Å². The summed E-state index contributed by atoms with van der Waals surface area (Å²) in [5.74, 6) is -2.98. The molecule has 1 aromatic rings. The third-order valence-electron chi connectivity index (χ3n) is 6.31. The number of nitrogens with two attached hydrogens (primary N) is 1. The smallest absolute Gasteiger partial charge is 0.352 e. The molecular weight excluding hydrogens is 514 g/mol. The molecule has 0 saturated carbocycles. The maximum absolute atomic E-state index is 12.9. The number of likely N-dealkylation sites (tertiary alicyclic amines) is 1. The van der Waals surface area contributed by atoms with Crippen molar-refractivity contribution in [2.45, 2.75) is 30.3 Å². The van der Waals surface area contributed by atoms with E-state index < -0.39 is 34.9 Å². The molecular formula is C20H21N7O7S2. The van der Waals surface area contributed by atoms with Gasteiger partial charge in [-0.1, -0.05) is 5.16 Å². The zero-order valence-corrected chi connectivity index (χ0v) is 20.3. The number of aliphatic carboxylic acids is 1. The van der Waals surface area contributed by atoms with Crippen LogP contribution in [0.5, 0.6) is 0 Å². The predicted molar refractivity (Wildman–Crippen MR) is 126 cm³/mol. The Balaban J connectivity index is 1.33. The van der Waals surface area contributed by atoms with Gasteiger partial charge in [0.25, 0.3) is 11.8 Å². The number of β-lactam (4-membered cyclic amide) rings is 1. The molecule has 0 aliphatic carbocycles. The summed E-state index contributed by atoms with van der Waals surface area (Å²) in [6, 6.07) is -1.03. The van der Waals surface area contributed by atoms with Crippen LogP contribution in [0, 0.1) is 0 Å². The summed E-state index contributed by atoms with van der Waals surface area (Å²) in [6.45, 7) is 1.63.